The molecule has 1 aromatic heterocycles. The second-order valence-electron chi connectivity index (χ2n) is 6.32. The summed E-state index contributed by atoms with van der Waals surface area (Å²) < 4.78 is 14.6. The van der Waals surface area contributed by atoms with Crippen molar-refractivity contribution >= 4 is 34.6 Å². The first-order valence-corrected chi connectivity index (χ1v) is 9.74. The number of benzene rings is 3. The molecule has 4 aromatic rings. The van der Waals surface area contributed by atoms with E-state index in [1.165, 1.54) is 11.9 Å². The first-order chi connectivity index (χ1) is 13.7. The zero-order valence-corrected chi connectivity index (χ0v) is 16.2. The molecule has 0 bridgehead atoms. The number of fused-ring (bicyclic) bond motifs is 1. The van der Waals surface area contributed by atoms with Gasteiger partial charge in [0.05, 0.1) is 0 Å². The Bertz CT molecular complexity index is 1090. The van der Waals surface area contributed by atoms with Crippen LogP contribution in [0.3, 0.4) is 0 Å². The van der Waals surface area contributed by atoms with Crippen molar-refractivity contribution in [1.29, 1.82) is 0 Å². The van der Waals surface area contributed by atoms with E-state index in [0.29, 0.717) is 16.9 Å². The van der Waals surface area contributed by atoms with E-state index < -0.39 is 0 Å². The molecule has 0 radical (unpaired) electrons. The zero-order chi connectivity index (χ0) is 19.3. The van der Waals surface area contributed by atoms with Crippen LogP contribution in [0.25, 0.3) is 11.0 Å². The van der Waals surface area contributed by atoms with Gasteiger partial charge in [0.25, 0.3) is 0 Å². The van der Waals surface area contributed by atoms with E-state index in [2.05, 4.69) is 4.72 Å². The Morgan fingerprint density at radius 3 is 2.46 bits per heavy atom. The summed E-state index contributed by atoms with van der Waals surface area (Å²) in [6.45, 7) is 2.01. The lowest BCUT2D eigenvalue weighted by Crippen LogP contribution is -2.06. The van der Waals surface area contributed by atoms with Crippen molar-refractivity contribution in [2.24, 2.45) is 0 Å². The quantitative estimate of drug-likeness (QED) is 0.313. The monoisotopic (exact) mass is 389 g/mol. The topological polar surface area (TPSA) is 51.5 Å². The molecule has 0 aliphatic heterocycles. The highest BCUT2D eigenvalue weighted by atomic mass is 32.2. The van der Waals surface area contributed by atoms with Gasteiger partial charge >= 0.3 is 5.97 Å². The lowest BCUT2D eigenvalue weighted by atomic mass is 10.1. The van der Waals surface area contributed by atoms with Crippen molar-refractivity contribution in [3.63, 3.8) is 0 Å². The van der Waals surface area contributed by atoms with Crippen molar-refractivity contribution in [3.05, 3.63) is 95.7 Å². The lowest BCUT2D eigenvalue weighted by Gasteiger charge is -2.07. The first kappa shape index (κ1) is 18.2. The Labute approximate surface area is 167 Å². The summed E-state index contributed by atoms with van der Waals surface area (Å²) in [5, 5.41) is 0.745. The number of hydrogen-bond donors (Lipinski definition) is 1. The number of hydrogen-bond acceptors (Lipinski definition) is 5. The molecule has 4 nitrogen and oxygen atoms in total. The van der Waals surface area contributed by atoms with Gasteiger partial charge in [0.1, 0.15) is 23.5 Å². The van der Waals surface area contributed by atoms with Crippen LogP contribution in [-0.2, 0) is 11.3 Å². The van der Waals surface area contributed by atoms with Gasteiger partial charge in [0.15, 0.2) is 0 Å². The average molecular weight is 389 g/mol. The third kappa shape index (κ3) is 4.05. The van der Waals surface area contributed by atoms with Crippen molar-refractivity contribution in [2.45, 2.75) is 18.4 Å². The minimum Gasteiger partial charge on any atom is -0.460 e. The van der Waals surface area contributed by atoms with Crippen LogP contribution in [-0.4, -0.2) is 5.97 Å². The number of ether oxygens (including phenoxy) is 1. The molecule has 28 heavy (non-hydrogen) atoms. The van der Waals surface area contributed by atoms with Crippen LogP contribution in [0.1, 0.15) is 21.7 Å². The van der Waals surface area contributed by atoms with E-state index in [-0.39, 0.29) is 12.6 Å². The second-order valence-corrected chi connectivity index (χ2v) is 7.20. The summed E-state index contributed by atoms with van der Waals surface area (Å²) in [5.74, 6) is 0.175. The van der Waals surface area contributed by atoms with Gasteiger partial charge in [0, 0.05) is 16.0 Å². The molecule has 0 aliphatic carbocycles. The van der Waals surface area contributed by atoms with Crippen LogP contribution in [0.15, 0.2) is 88.2 Å². The average Bonchev–Trinajstić information content (AvgIpc) is 3.07. The van der Waals surface area contributed by atoms with Crippen LogP contribution in [0, 0.1) is 6.92 Å². The Balaban J connectivity index is 1.54. The van der Waals surface area contributed by atoms with Crippen LogP contribution < -0.4 is 4.72 Å². The number of furan rings is 1. The molecule has 0 saturated carbocycles. The van der Waals surface area contributed by atoms with Crippen molar-refractivity contribution in [3.8, 4) is 0 Å². The van der Waals surface area contributed by atoms with Crippen LogP contribution >= 0.6 is 11.9 Å². The van der Waals surface area contributed by atoms with Crippen molar-refractivity contribution < 1.29 is 13.9 Å². The van der Waals surface area contributed by atoms with E-state index in [4.69, 9.17) is 9.15 Å². The van der Waals surface area contributed by atoms with E-state index in [0.717, 1.165) is 21.5 Å². The number of carbonyl (C=O) groups is 1. The molecule has 0 amide bonds. The van der Waals surface area contributed by atoms with Gasteiger partial charge in [0.2, 0.25) is 0 Å². The summed E-state index contributed by atoms with van der Waals surface area (Å²) in [7, 11) is 0. The maximum absolute atomic E-state index is 12.7. The summed E-state index contributed by atoms with van der Waals surface area (Å²) in [6.07, 6.45) is 0. The highest BCUT2D eigenvalue weighted by Crippen LogP contribution is 2.30. The lowest BCUT2D eigenvalue weighted by molar-refractivity contribution is 0.0473. The van der Waals surface area contributed by atoms with E-state index >= 15 is 0 Å². The molecule has 0 aliphatic rings. The molecule has 140 valence electrons. The van der Waals surface area contributed by atoms with Gasteiger partial charge in [-0.15, -0.1) is 0 Å². The molecular formula is C23H19NO3S. The highest BCUT2D eigenvalue weighted by Gasteiger charge is 2.20. The van der Waals surface area contributed by atoms with Gasteiger partial charge in [-0.2, -0.15) is 0 Å². The minimum absolute atomic E-state index is 0.230. The fourth-order valence-corrected chi connectivity index (χ4v) is 3.59. The van der Waals surface area contributed by atoms with Crippen LogP contribution in [0.4, 0.5) is 5.69 Å². The molecule has 0 fully saturated rings. The summed E-state index contributed by atoms with van der Waals surface area (Å²) >= 11 is 1.51. The second kappa shape index (κ2) is 8.23. The van der Waals surface area contributed by atoms with Crippen molar-refractivity contribution in [1.82, 2.24) is 0 Å². The van der Waals surface area contributed by atoms with Gasteiger partial charge in [-0.05, 0) is 54.8 Å². The summed E-state index contributed by atoms with van der Waals surface area (Å²) in [5.41, 5.74) is 2.97. The normalized spacial score (nSPS) is 10.8. The van der Waals surface area contributed by atoms with E-state index in [1.54, 1.807) is 6.92 Å². The molecule has 0 atom stereocenters. The maximum atomic E-state index is 12.7. The molecule has 4 rings (SSSR count). The zero-order valence-electron chi connectivity index (χ0n) is 15.3. The molecule has 0 unspecified atom stereocenters. The fourth-order valence-electron chi connectivity index (χ4n) is 2.94. The molecule has 0 spiro atoms. The maximum Gasteiger partial charge on any atom is 0.342 e. The standard InChI is InChI=1S/C23H19NO3S/c1-16-22(23(25)26-15-17-8-4-2-5-9-17)20-14-18(12-13-21(20)27-16)24-28-19-10-6-3-7-11-19/h2-14,24H,15H2,1H3. The molecule has 5 heteroatoms. The van der Waals surface area contributed by atoms with Crippen LogP contribution in [0.5, 0.6) is 0 Å². The predicted molar refractivity (Wildman–Crippen MR) is 112 cm³/mol. The van der Waals surface area contributed by atoms with Gasteiger partial charge < -0.3 is 13.9 Å². The van der Waals surface area contributed by atoms with Gasteiger partial charge in [-0.3, -0.25) is 0 Å². The fraction of sp³-hybridized carbons (Fsp3) is 0.0870. The third-order valence-electron chi connectivity index (χ3n) is 4.31. The minimum atomic E-state index is -0.382. The SMILES string of the molecule is Cc1oc2ccc(NSc3ccccc3)cc2c1C(=O)OCc1ccccc1. The smallest absolute Gasteiger partial charge is 0.342 e. The van der Waals surface area contributed by atoms with Gasteiger partial charge in [-0.1, -0.05) is 48.5 Å². The Kier molecular flexibility index (Phi) is 5.35. The largest absolute Gasteiger partial charge is 0.460 e. The Morgan fingerprint density at radius 1 is 1.00 bits per heavy atom. The van der Waals surface area contributed by atoms with Crippen LogP contribution in [0.2, 0.25) is 0 Å². The Hall–Kier alpha value is -3.18. The summed E-state index contributed by atoms with van der Waals surface area (Å²) in [6, 6.07) is 25.4. The number of esters is 1. The third-order valence-corrected chi connectivity index (χ3v) is 5.16. The number of anilines is 1. The number of rotatable bonds is 6. The highest BCUT2D eigenvalue weighted by molar-refractivity contribution is 8.00. The molecule has 1 heterocycles. The summed E-state index contributed by atoms with van der Waals surface area (Å²) in [4.78, 5) is 13.8. The number of aryl methyl sites for hydroxylation is 1. The van der Waals surface area contributed by atoms with Gasteiger partial charge in [-0.25, -0.2) is 4.79 Å². The molecule has 3 aromatic carbocycles. The first-order valence-electron chi connectivity index (χ1n) is 8.93. The van der Waals surface area contributed by atoms with Crippen molar-refractivity contribution in [2.75, 3.05) is 4.72 Å². The predicted octanol–water partition coefficient (Wildman–Crippen LogP) is 6.22. The Morgan fingerprint density at radius 2 is 1.71 bits per heavy atom. The number of carbonyl (C=O) groups excluding carboxylic acids is 1. The molecular weight excluding hydrogens is 370 g/mol. The number of nitrogens with one attached hydrogen (secondary N) is 1. The van der Waals surface area contributed by atoms with E-state index in [9.17, 15) is 4.79 Å². The van der Waals surface area contributed by atoms with E-state index in [1.807, 2.05) is 78.9 Å². The molecule has 0 saturated heterocycles. The molecule has 1 N–H and O–H groups in total.